The molecule has 2 aliphatic heterocycles. The van der Waals surface area contributed by atoms with Crippen molar-refractivity contribution in [1.82, 2.24) is 24.8 Å². The Kier molecular flexibility index (Phi) is 4.85. The highest BCUT2D eigenvalue weighted by atomic mass is 16.5. The summed E-state index contributed by atoms with van der Waals surface area (Å²) in [6, 6.07) is 3.03. The van der Waals surface area contributed by atoms with E-state index in [0.717, 1.165) is 56.4 Å². The van der Waals surface area contributed by atoms with Crippen molar-refractivity contribution in [2.75, 3.05) is 25.1 Å². The number of nitrogens with one attached hydrogen (secondary N) is 1. The molecule has 7 nitrogen and oxygen atoms in total. The first-order valence-corrected chi connectivity index (χ1v) is 9.02. The molecule has 2 aromatic rings. The Bertz CT molecular complexity index is 704. The van der Waals surface area contributed by atoms with Gasteiger partial charge in [0.2, 0.25) is 0 Å². The van der Waals surface area contributed by atoms with E-state index >= 15 is 0 Å². The molecule has 7 heteroatoms. The van der Waals surface area contributed by atoms with Crippen LogP contribution in [0.3, 0.4) is 0 Å². The van der Waals surface area contributed by atoms with Gasteiger partial charge < -0.3 is 10.1 Å². The lowest BCUT2D eigenvalue weighted by Gasteiger charge is -2.35. The molecule has 0 spiro atoms. The Balaban J connectivity index is 1.56. The van der Waals surface area contributed by atoms with Gasteiger partial charge in [-0.3, -0.25) is 9.88 Å². The maximum absolute atomic E-state index is 5.53. The van der Waals surface area contributed by atoms with Crippen molar-refractivity contribution in [2.45, 2.75) is 44.7 Å². The van der Waals surface area contributed by atoms with Crippen molar-refractivity contribution in [3.05, 3.63) is 36.2 Å². The van der Waals surface area contributed by atoms with E-state index in [-0.39, 0.29) is 0 Å². The molecule has 0 aliphatic carbocycles. The molecule has 0 unspecified atom stereocenters. The highest BCUT2D eigenvalue weighted by Gasteiger charge is 2.33. The van der Waals surface area contributed by atoms with E-state index in [1.54, 1.807) is 18.6 Å². The molecule has 4 rings (SSSR count). The first-order valence-electron chi connectivity index (χ1n) is 9.02. The SMILES string of the molecule is Cc1nc(Nc2cnccn2)cc([C@@H]2CCCN2C2CCOCC2)n1. The smallest absolute Gasteiger partial charge is 0.150 e. The molecule has 2 aliphatic rings. The van der Waals surface area contributed by atoms with Crippen molar-refractivity contribution < 1.29 is 4.74 Å². The second-order valence-corrected chi connectivity index (χ2v) is 6.68. The molecule has 1 atom stereocenters. The predicted octanol–water partition coefficient (Wildman–Crippen LogP) is 2.63. The first-order chi connectivity index (χ1) is 12.3. The van der Waals surface area contributed by atoms with E-state index < -0.39 is 0 Å². The molecule has 2 saturated heterocycles. The van der Waals surface area contributed by atoms with Crippen LogP contribution in [-0.4, -0.2) is 50.6 Å². The fourth-order valence-corrected chi connectivity index (χ4v) is 3.88. The maximum Gasteiger partial charge on any atom is 0.150 e. The number of aromatic nitrogens is 4. The molecule has 2 fully saturated rings. The van der Waals surface area contributed by atoms with Gasteiger partial charge in [0.15, 0.2) is 0 Å². The van der Waals surface area contributed by atoms with Crippen LogP contribution in [0, 0.1) is 6.92 Å². The molecule has 0 saturated carbocycles. The van der Waals surface area contributed by atoms with Crippen LogP contribution >= 0.6 is 0 Å². The summed E-state index contributed by atoms with van der Waals surface area (Å²) in [5, 5.41) is 3.24. The standard InChI is InChI=1S/C18H24N6O/c1-13-21-15(11-17(22-13)23-18-12-19-6-7-20-18)16-3-2-8-24(16)14-4-9-25-10-5-14/h6-7,11-12,14,16H,2-5,8-10H2,1H3,(H,20,21,22,23)/t16-/m0/s1. The Morgan fingerprint density at radius 1 is 1.12 bits per heavy atom. The third-order valence-corrected chi connectivity index (χ3v) is 4.97. The van der Waals surface area contributed by atoms with Crippen molar-refractivity contribution in [2.24, 2.45) is 0 Å². The van der Waals surface area contributed by atoms with Crippen LogP contribution in [0.4, 0.5) is 11.6 Å². The van der Waals surface area contributed by atoms with Gasteiger partial charge in [-0.1, -0.05) is 0 Å². The van der Waals surface area contributed by atoms with Crippen LogP contribution in [0.2, 0.25) is 0 Å². The van der Waals surface area contributed by atoms with Crippen LogP contribution in [0.1, 0.15) is 43.2 Å². The van der Waals surface area contributed by atoms with Crippen LogP contribution in [-0.2, 0) is 4.74 Å². The lowest BCUT2D eigenvalue weighted by Crippen LogP contribution is -2.39. The number of ether oxygens (including phenoxy) is 1. The number of nitrogens with zero attached hydrogens (tertiary/aromatic N) is 5. The zero-order valence-electron chi connectivity index (χ0n) is 14.6. The summed E-state index contributed by atoms with van der Waals surface area (Å²) in [4.78, 5) is 20.2. The van der Waals surface area contributed by atoms with Crippen molar-refractivity contribution in [3.8, 4) is 0 Å². The molecule has 25 heavy (non-hydrogen) atoms. The minimum Gasteiger partial charge on any atom is -0.381 e. The molecule has 0 radical (unpaired) electrons. The zero-order valence-corrected chi connectivity index (χ0v) is 14.6. The summed E-state index contributed by atoms with van der Waals surface area (Å²) in [6.07, 6.45) is 9.63. The fraction of sp³-hybridized carbons (Fsp3) is 0.556. The van der Waals surface area contributed by atoms with Gasteiger partial charge in [0.05, 0.1) is 17.9 Å². The maximum atomic E-state index is 5.53. The van der Waals surface area contributed by atoms with Crippen LogP contribution < -0.4 is 5.32 Å². The van der Waals surface area contributed by atoms with E-state index in [0.29, 0.717) is 17.9 Å². The second kappa shape index (κ2) is 7.41. The van der Waals surface area contributed by atoms with Crippen LogP contribution in [0.15, 0.2) is 24.7 Å². The average Bonchev–Trinajstić information content (AvgIpc) is 3.13. The molecule has 0 amide bonds. The molecule has 2 aromatic heterocycles. The van der Waals surface area contributed by atoms with Gasteiger partial charge in [0, 0.05) is 37.7 Å². The molecule has 4 heterocycles. The average molecular weight is 340 g/mol. The topological polar surface area (TPSA) is 76.1 Å². The quantitative estimate of drug-likeness (QED) is 0.917. The van der Waals surface area contributed by atoms with E-state index in [1.165, 1.54) is 6.42 Å². The summed E-state index contributed by atoms with van der Waals surface area (Å²) in [6.45, 7) is 4.83. The zero-order chi connectivity index (χ0) is 17.1. The van der Waals surface area contributed by atoms with Gasteiger partial charge in [-0.2, -0.15) is 0 Å². The second-order valence-electron chi connectivity index (χ2n) is 6.68. The van der Waals surface area contributed by atoms with Crippen LogP contribution in [0.25, 0.3) is 0 Å². The van der Waals surface area contributed by atoms with Crippen molar-refractivity contribution in [1.29, 1.82) is 0 Å². The van der Waals surface area contributed by atoms with Gasteiger partial charge in [-0.25, -0.2) is 15.0 Å². The minimum absolute atomic E-state index is 0.368. The number of hydrogen-bond donors (Lipinski definition) is 1. The van der Waals surface area contributed by atoms with E-state index in [9.17, 15) is 0 Å². The Hall–Kier alpha value is -2.12. The molecular weight excluding hydrogens is 316 g/mol. The number of anilines is 2. The normalized spacial score (nSPS) is 22.2. The summed E-state index contributed by atoms with van der Waals surface area (Å²) in [7, 11) is 0. The van der Waals surface area contributed by atoms with E-state index in [2.05, 4.69) is 31.2 Å². The fourth-order valence-electron chi connectivity index (χ4n) is 3.88. The number of hydrogen-bond acceptors (Lipinski definition) is 7. The molecular formula is C18H24N6O. The monoisotopic (exact) mass is 340 g/mol. The molecule has 132 valence electrons. The van der Waals surface area contributed by atoms with Gasteiger partial charge >= 0.3 is 0 Å². The predicted molar refractivity (Wildman–Crippen MR) is 94.6 cm³/mol. The summed E-state index contributed by atoms with van der Waals surface area (Å²) in [5.74, 6) is 2.25. The Morgan fingerprint density at radius 2 is 2.00 bits per heavy atom. The summed E-state index contributed by atoms with van der Waals surface area (Å²) < 4.78 is 5.53. The molecule has 1 N–H and O–H groups in total. The van der Waals surface area contributed by atoms with Crippen LogP contribution in [0.5, 0.6) is 0 Å². The summed E-state index contributed by atoms with van der Waals surface area (Å²) in [5.41, 5.74) is 1.10. The largest absolute Gasteiger partial charge is 0.381 e. The highest BCUT2D eigenvalue weighted by Crippen LogP contribution is 2.35. The van der Waals surface area contributed by atoms with Gasteiger partial charge in [-0.05, 0) is 39.2 Å². The Morgan fingerprint density at radius 3 is 2.80 bits per heavy atom. The number of rotatable bonds is 4. The molecule has 0 bridgehead atoms. The first kappa shape index (κ1) is 16.4. The highest BCUT2D eigenvalue weighted by molar-refractivity contribution is 5.50. The molecule has 0 aromatic carbocycles. The summed E-state index contributed by atoms with van der Waals surface area (Å²) >= 11 is 0. The minimum atomic E-state index is 0.368. The van der Waals surface area contributed by atoms with Gasteiger partial charge in [0.1, 0.15) is 17.5 Å². The lowest BCUT2D eigenvalue weighted by atomic mass is 10.0. The number of aryl methyl sites for hydroxylation is 1. The Labute approximate surface area is 147 Å². The van der Waals surface area contributed by atoms with Crippen molar-refractivity contribution in [3.63, 3.8) is 0 Å². The third kappa shape index (κ3) is 3.77. The lowest BCUT2D eigenvalue weighted by molar-refractivity contribution is 0.0285. The number of likely N-dealkylation sites (tertiary alicyclic amines) is 1. The third-order valence-electron chi connectivity index (χ3n) is 4.97. The van der Waals surface area contributed by atoms with Crippen molar-refractivity contribution >= 4 is 11.6 Å². The van der Waals surface area contributed by atoms with E-state index in [4.69, 9.17) is 9.72 Å². The van der Waals surface area contributed by atoms with Gasteiger partial charge in [-0.15, -0.1) is 0 Å². The van der Waals surface area contributed by atoms with E-state index in [1.807, 2.05) is 6.92 Å². The van der Waals surface area contributed by atoms with Gasteiger partial charge in [0.25, 0.3) is 0 Å².